The molecule has 1 N–H and O–H groups in total. The number of nitrogens with one attached hydrogen (secondary N) is 1. The van der Waals surface area contributed by atoms with Crippen molar-refractivity contribution in [1.29, 1.82) is 0 Å². The molecule has 7 nitrogen and oxygen atoms in total. The number of H-pyrrole nitrogens is 1. The highest BCUT2D eigenvalue weighted by Crippen LogP contribution is 2.21. The number of likely N-dealkylation sites (tertiary alicyclic amines) is 1. The van der Waals surface area contributed by atoms with Gasteiger partial charge in [-0.1, -0.05) is 0 Å². The second-order valence-corrected chi connectivity index (χ2v) is 5.89. The Balaban J connectivity index is 2.07. The molecule has 1 aliphatic rings. The van der Waals surface area contributed by atoms with E-state index in [0.29, 0.717) is 19.5 Å². The highest BCUT2D eigenvalue weighted by atomic mass is 16.6. The van der Waals surface area contributed by atoms with E-state index in [9.17, 15) is 14.4 Å². The molecule has 20 heavy (non-hydrogen) atoms. The van der Waals surface area contributed by atoms with E-state index in [-0.39, 0.29) is 12.1 Å². The average Bonchev–Trinajstić information content (AvgIpc) is 2.75. The first kappa shape index (κ1) is 14.4. The van der Waals surface area contributed by atoms with Crippen LogP contribution in [0, 0.1) is 0 Å². The maximum Gasteiger partial charge on any atom is 0.410 e. The lowest BCUT2D eigenvalue weighted by atomic mass is 10.2. The number of amides is 1. The Labute approximate surface area is 116 Å². The third-order valence-corrected chi connectivity index (χ3v) is 3.06. The average molecular weight is 281 g/mol. The van der Waals surface area contributed by atoms with Crippen LogP contribution in [0.5, 0.6) is 0 Å². The third kappa shape index (κ3) is 3.28. The topological polar surface area (TPSA) is 84.4 Å². The first-order valence-electron chi connectivity index (χ1n) is 6.56. The van der Waals surface area contributed by atoms with Crippen LogP contribution in [-0.2, 0) is 4.74 Å². The summed E-state index contributed by atoms with van der Waals surface area (Å²) in [5, 5.41) is 0. The van der Waals surface area contributed by atoms with Crippen molar-refractivity contribution in [3.05, 3.63) is 33.1 Å². The van der Waals surface area contributed by atoms with Crippen molar-refractivity contribution < 1.29 is 9.53 Å². The largest absolute Gasteiger partial charge is 0.444 e. The van der Waals surface area contributed by atoms with E-state index in [1.54, 1.807) is 4.90 Å². The van der Waals surface area contributed by atoms with Crippen LogP contribution in [0.15, 0.2) is 21.9 Å². The number of hydrogen-bond acceptors (Lipinski definition) is 4. The molecule has 7 heteroatoms. The molecule has 0 unspecified atom stereocenters. The smallest absolute Gasteiger partial charge is 0.410 e. The van der Waals surface area contributed by atoms with Crippen LogP contribution in [0.2, 0.25) is 0 Å². The quantitative estimate of drug-likeness (QED) is 0.822. The number of ether oxygens (including phenoxy) is 1. The van der Waals surface area contributed by atoms with Gasteiger partial charge in [0, 0.05) is 25.4 Å². The van der Waals surface area contributed by atoms with Crippen LogP contribution in [-0.4, -0.2) is 39.2 Å². The predicted molar refractivity (Wildman–Crippen MR) is 72.8 cm³/mol. The summed E-state index contributed by atoms with van der Waals surface area (Å²) in [4.78, 5) is 38.5. The first-order chi connectivity index (χ1) is 9.26. The van der Waals surface area contributed by atoms with Gasteiger partial charge in [0.05, 0.1) is 6.04 Å². The molecule has 1 aromatic rings. The molecule has 1 fully saturated rings. The zero-order valence-electron chi connectivity index (χ0n) is 11.9. The van der Waals surface area contributed by atoms with Gasteiger partial charge in [-0.2, -0.15) is 0 Å². The Morgan fingerprint density at radius 3 is 2.70 bits per heavy atom. The van der Waals surface area contributed by atoms with Gasteiger partial charge in [-0.25, -0.2) is 9.59 Å². The molecule has 1 atom stereocenters. The van der Waals surface area contributed by atoms with Crippen LogP contribution >= 0.6 is 0 Å². The number of carbonyl (C=O) groups is 1. The van der Waals surface area contributed by atoms with Crippen molar-refractivity contribution in [2.75, 3.05) is 13.1 Å². The molecule has 0 saturated carbocycles. The van der Waals surface area contributed by atoms with E-state index in [1.165, 1.54) is 16.8 Å². The standard InChI is InChI=1S/C13H19N3O4/c1-13(2,3)20-12(19)15-6-4-9(8-15)16-7-5-10(17)14-11(16)18/h5,7,9H,4,6,8H2,1-3H3,(H,14,17,18)/t9-/m0/s1. The highest BCUT2D eigenvalue weighted by Gasteiger charge is 2.30. The van der Waals surface area contributed by atoms with Crippen LogP contribution in [0.1, 0.15) is 33.2 Å². The fraction of sp³-hybridized carbons (Fsp3) is 0.615. The van der Waals surface area contributed by atoms with Crippen molar-refractivity contribution in [2.24, 2.45) is 0 Å². The lowest BCUT2D eigenvalue weighted by Crippen LogP contribution is -2.37. The van der Waals surface area contributed by atoms with Crippen LogP contribution in [0.3, 0.4) is 0 Å². The minimum absolute atomic E-state index is 0.133. The maximum atomic E-state index is 11.9. The Kier molecular flexibility index (Phi) is 3.69. The molecule has 0 radical (unpaired) electrons. The summed E-state index contributed by atoms with van der Waals surface area (Å²) in [6.07, 6.45) is 1.74. The normalized spacial score (nSPS) is 19.1. The summed E-state index contributed by atoms with van der Waals surface area (Å²) >= 11 is 0. The number of nitrogens with zero attached hydrogens (tertiary/aromatic N) is 2. The minimum Gasteiger partial charge on any atom is -0.444 e. The fourth-order valence-corrected chi connectivity index (χ4v) is 2.18. The van der Waals surface area contributed by atoms with Gasteiger partial charge < -0.3 is 9.64 Å². The molecule has 110 valence electrons. The van der Waals surface area contributed by atoms with Crippen molar-refractivity contribution in [3.8, 4) is 0 Å². The van der Waals surface area contributed by atoms with E-state index in [1.807, 2.05) is 20.8 Å². The maximum absolute atomic E-state index is 11.9. The molecular formula is C13H19N3O4. The van der Waals surface area contributed by atoms with E-state index in [4.69, 9.17) is 4.74 Å². The Hall–Kier alpha value is -2.05. The molecule has 0 bridgehead atoms. The van der Waals surface area contributed by atoms with Crippen molar-refractivity contribution in [3.63, 3.8) is 0 Å². The van der Waals surface area contributed by atoms with Gasteiger partial charge in [0.2, 0.25) is 0 Å². The molecule has 0 aromatic carbocycles. The van der Waals surface area contributed by atoms with Gasteiger partial charge in [-0.3, -0.25) is 14.3 Å². The van der Waals surface area contributed by atoms with Gasteiger partial charge in [0.1, 0.15) is 5.60 Å². The van der Waals surface area contributed by atoms with E-state index in [2.05, 4.69) is 4.98 Å². The molecule has 1 amide bonds. The van der Waals surface area contributed by atoms with Crippen LogP contribution in [0.4, 0.5) is 4.79 Å². The van der Waals surface area contributed by atoms with Crippen molar-refractivity contribution in [2.45, 2.75) is 38.8 Å². The SMILES string of the molecule is CC(C)(C)OC(=O)N1CC[C@H](n2ccc(=O)[nH]c2=O)C1. The number of hydrogen-bond donors (Lipinski definition) is 1. The molecule has 0 aliphatic carbocycles. The Morgan fingerprint density at radius 2 is 2.10 bits per heavy atom. The van der Waals surface area contributed by atoms with Gasteiger partial charge in [0.15, 0.2) is 0 Å². The summed E-state index contributed by atoms with van der Waals surface area (Å²) in [6, 6.07) is 1.17. The van der Waals surface area contributed by atoms with Gasteiger partial charge in [-0.15, -0.1) is 0 Å². The molecule has 2 heterocycles. The fourth-order valence-electron chi connectivity index (χ4n) is 2.18. The molecule has 1 aliphatic heterocycles. The van der Waals surface area contributed by atoms with Gasteiger partial charge in [-0.05, 0) is 27.2 Å². The summed E-state index contributed by atoms with van der Waals surface area (Å²) in [5.41, 5.74) is -1.41. The van der Waals surface area contributed by atoms with Crippen LogP contribution < -0.4 is 11.2 Å². The second kappa shape index (κ2) is 5.15. The van der Waals surface area contributed by atoms with Gasteiger partial charge in [0.25, 0.3) is 5.56 Å². The third-order valence-electron chi connectivity index (χ3n) is 3.06. The summed E-state index contributed by atoms with van der Waals surface area (Å²) in [6.45, 7) is 6.37. The van der Waals surface area contributed by atoms with E-state index in [0.717, 1.165) is 0 Å². The summed E-state index contributed by atoms with van der Waals surface area (Å²) < 4.78 is 6.75. The Morgan fingerprint density at radius 1 is 1.40 bits per heavy atom. The molecular weight excluding hydrogens is 262 g/mol. The monoisotopic (exact) mass is 281 g/mol. The molecule has 1 saturated heterocycles. The molecule has 2 rings (SSSR count). The highest BCUT2D eigenvalue weighted by molar-refractivity contribution is 5.68. The van der Waals surface area contributed by atoms with E-state index < -0.39 is 16.9 Å². The van der Waals surface area contributed by atoms with Crippen molar-refractivity contribution >= 4 is 6.09 Å². The first-order valence-corrected chi connectivity index (χ1v) is 6.56. The zero-order chi connectivity index (χ0) is 14.9. The zero-order valence-corrected chi connectivity index (χ0v) is 11.9. The van der Waals surface area contributed by atoms with Crippen LogP contribution in [0.25, 0.3) is 0 Å². The number of aromatic nitrogens is 2. The summed E-state index contributed by atoms with van der Waals surface area (Å²) in [7, 11) is 0. The minimum atomic E-state index is -0.538. The predicted octanol–water partition coefficient (Wildman–Crippen LogP) is 0.718. The number of aromatic amines is 1. The molecule has 1 aromatic heterocycles. The number of carbonyl (C=O) groups excluding carboxylic acids is 1. The lowest BCUT2D eigenvalue weighted by Gasteiger charge is -2.24. The van der Waals surface area contributed by atoms with Gasteiger partial charge >= 0.3 is 11.8 Å². The Bertz CT molecular complexity index is 611. The second-order valence-electron chi connectivity index (χ2n) is 5.89. The lowest BCUT2D eigenvalue weighted by molar-refractivity contribution is 0.0288. The number of rotatable bonds is 1. The summed E-state index contributed by atoms with van der Waals surface area (Å²) in [5.74, 6) is 0. The van der Waals surface area contributed by atoms with Crippen molar-refractivity contribution in [1.82, 2.24) is 14.5 Å². The molecule has 0 spiro atoms. The van der Waals surface area contributed by atoms with E-state index >= 15 is 0 Å².